The molecule has 0 saturated heterocycles. The van der Waals surface area contributed by atoms with E-state index in [1.54, 1.807) is 6.92 Å². The van der Waals surface area contributed by atoms with Crippen molar-refractivity contribution in [1.29, 1.82) is 0 Å². The third-order valence-electron chi connectivity index (χ3n) is 1.17. The average Bonchev–Trinajstić information content (AvgIpc) is 2.14. The minimum absolute atomic E-state index is 0.0300. The Morgan fingerprint density at radius 2 is 1.73 bits per heavy atom. The van der Waals surface area contributed by atoms with E-state index in [0.717, 1.165) is 6.42 Å². The number of carbonyl (C=O) groups is 2. The van der Waals surface area contributed by atoms with Gasteiger partial charge in [0, 0.05) is 13.3 Å². The van der Waals surface area contributed by atoms with Crippen LogP contribution in [0.1, 0.15) is 47.5 Å². The minimum Gasteiger partial charge on any atom is -0.466 e. The zero-order valence-electron chi connectivity index (χ0n) is 10.3. The molecule has 0 rings (SSSR count). The molecule has 4 nitrogen and oxygen atoms in total. The molecular weight excluding hydrogens is 196 g/mol. The summed E-state index contributed by atoms with van der Waals surface area (Å²) in [5, 5.41) is 0. The molecule has 0 amide bonds. The van der Waals surface area contributed by atoms with Gasteiger partial charge in [0.15, 0.2) is 0 Å². The molecule has 0 saturated carbocycles. The van der Waals surface area contributed by atoms with E-state index in [4.69, 9.17) is 4.74 Å². The fraction of sp³-hybridized carbons (Fsp3) is 0.818. The van der Waals surface area contributed by atoms with Crippen LogP contribution in [-0.2, 0) is 19.1 Å². The molecular formula is C11H22O4. The van der Waals surface area contributed by atoms with Crippen molar-refractivity contribution in [3.63, 3.8) is 0 Å². The molecule has 0 heterocycles. The number of carbonyl (C=O) groups excluding carboxylic acids is 2. The molecule has 0 aliphatic rings. The van der Waals surface area contributed by atoms with Gasteiger partial charge >= 0.3 is 11.9 Å². The second-order valence-electron chi connectivity index (χ2n) is 3.23. The van der Waals surface area contributed by atoms with E-state index in [2.05, 4.69) is 4.74 Å². The van der Waals surface area contributed by atoms with Crippen molar-refractivity contribution in [3.8, 4) is 0 Å². The standard InChI is InChI=1S/C6H12O2.C5H10O2/c1-4-6(7)8-5(2)3;1-3-4-7-5(2)6/h5H,4H2,1-3H3;3-4H2,1-2H3. The molecule has 0 unspecified atom stereocenters. The van der Waals surface area contributed by atoms with E-state index >= 15 is 0 Å². The monoisotopic (exact) mass is 218 g/mol. The SMILES string of the molecule is CCC(=O)OC(C)C.CCCOC(C)=O. The fourth-order valence-electron chi connectivity index (χ4n) is 0.592. The first-order valence-electron chi connectivity index (χ1n) is 5.26. The Bertz CT molecular complexity index is 175. The Morgan fingerprint density at radius 1 is 1.20 bits per heavy atom. The van der Waals surface area contributed by atoms with Gasteiger partial charge in [-0.05, 0) is 20.3 Å². The molecule has 0 spiro atoms. The number of hydrogen-bond acceptors (Lipinski definition) is 4. The van der Waals surface area contributed by atoms with Gasteiger partial charge in [0.05, 0.1) is 12.7 Å². The van der Waals surface area contributed by atoms with Crippen molar-refractivity contribution in [2.45, 2.75) is 53.6 Å². The van der Waals surface area contributed by atoms with Gasteiger partial charge in [-0.1, -0.05) is 13.8 Å². The highest BCUT2D eigenvalue weighted by molar-refractivity contribution is 5.69. The summed E-state index contributed by atoms with van der Waals surface area (Å²) in [6.07, 6.45) is 1.40. The second-order valence-corrected chi connectivity index (χ2v) is 3.23. The maximum absolute atomic E-state index is 10.4. The molecule has 0 aromatic rings. The van der Waals surface area contributed by atoms with E-state index in [9.17, 15) is 9.59 Å². The first-order valence-corrected chi connectivity index (χ1v) is 5.26. The lowest BCUT2D eigenvalue weighted by Gasteiger charge is -2.04. The van der Waals surface area contributed by atoms with Gasteiger partial charge < -0.3 is 9.47 Å². The Hall–Kier alpha value is -1.06. The average molecular weight is 218 g/mol. The van der Waals surface area contributed by atoms with Crippen LogP contribution in [0.25, 0.3) is 0 Å². The summed E-state index contributed by atoms with van der Waals surface area (Å²) in [4.78, 5) is 20.4. The van der Waals surface area contributed by atoms with Gasteiger partial charge in [0.2, 0.25) is 0 Å². The molecule has 0 fully saturated rings. The third-order valence-corrected chi connectivity index (χ3v) is 1.17. The van der Waals surface area contributed by atoms with E-state index in [1.165, 1.54) is 6.92 Å². The predicted octanol–water partition coefficient (Wildman–Crippen LogP) is 2.31. The minimum atomic E-state index is -0.193. The Labute approximate surface area is 91.9 Å². The lowest BCUT2D eigenvalue weighted by Crippen LogP contribution is -2.09. The summed E-state index contributed by atoms with van der Waals surface area (Å²) >= 11 is 0. The quantitative estimate of drug-likeness (QED) is 0.679. The normalized spacial score (nSPS) is 8.93. The molecule has 0 aromatic heterocycles. The van der Waals surface area contributed by atoms with Crippen molar-refractivity contribution >= 4 is 11.9 Å². The second kappa shape index (κ2) is 11.0. The highest BCUT2D eigenvalue weighted by Gasteiger charge is 1.98. The van der Waals surface area contributed by atoms with Gasteiger partial charge in [0.25, 0.3) is 0 Å². The summed E-state index contributed by atoms with van der Waals surface area (Å²) in [7, 11) is 0. The number of hydrogen-bond donors (Lipinski definition) is 0. The first kappa shape index (κ1) is 16.4. The highest BCUT2D eigenvalue weighted by Crippen LogP contribution is 1.90. The molecule has 0 radical (unpaired) electrons. The maximum Gasteiger partial charge on any atom is 0.305 e. The van der Waals surface area contributed by atoms with Crippen LogP contribution in [-0.4, -0.2) is 24.6 Å². The summed E-state index contributed by atoms with van der Waals surface area (Å²) in [5.74, 6) is -0.318. The largest absolute Gasteiger partial charge is 0.466 e. The Kier molecular flexibility index (Phi) is 12.0. The Morgan fingerprint density at radius 3 is 1.87 bits per heavy atom. The van der Waals surface area contributed by atoms with E-state index in [0.29, 0.717) is 13.0 Å². The lowest BCUT2D eigenvalue weighted by molar-refractivity contribution is -0.147. The van der Waals surface area contributed by atoms with E-state index in [1.807, 2.05) is 20.8 Å². The third kappa shape index (κ3) is 19.4. The molecule has 0 N–H and O–H groups in total. The molecule has 0 aromatic carbocycles. The fourth-order valence-corrected chi connectivity index (χ4v) is 0.592. The topological polar surface area (TPSA) is 52.6 Å². The van der Waals surface area contributed by atoms with E-state index < -0.39 is 0 Å². The molecule has 15 heavy (non-hydrogen) atoms. The lowest BCUT2D eigenvalue weighted by atomic mass is 10.4. The van der Waals surface area contributed by atoms with Crippen LogP contribution in [0, 0.1) is 0 Å². The molecule has 0 bridgehead atoms. The number of rotatable bonds is 4. The van der Waals surface area contributed by atoms with Crippen LogP contribution < -0.4 is 0 Å². The number of esters is 2. The van der Waals surface area contributed by atoms with Gasteiger partial charge in [-0.3, -0.25) is 9.59 Å². The van der Waals surface area contributed by atoms with Gasteiger partial charge in [-0.25, -0.2) is 0 Å². The van der Waals surface area contributed by atoms with Crippen molar-refractivity contribution < 1.29 is 19.1 Å². The zero-order chi connectivity index (χ0) is 12.3. The Balaban J connectivity index is 0. The molecule has 0 aliphatic heterocycles. The van der Waals surface area contributed by atoms with Crippen LogP contribution in [0.4, 0.5) is 0 Å². The van der Waals surface area contributed by atoms with Crippen LogP contribution >= 0.6 is 0 Å². The van der Waals surface area contributed by atoms with Gasteiger partial charge in [-0.15, -0.1) is 0 Å². The van der Waals surface area contributed by atoms with Gasteiger partial charge in [0.1, 0.15) is 0 Å². The zero-order valence-corrected chi connectivity index (χ0v) is 10.3. The molecule has 0 aliphatic carbocycles. The maximum atomic E-state index is 10.4. The molecule has 0 atom stereocenters. The summed E-state index contributed by atoms with van der Waals surface area (Å²) in [5.41, 5.74) is 0. The summed E-state index contributed by atoms with van der Waals surface area (Å²) in [6.45, 7) is 9.39. The molecule has 4 heteroatoms. The number of ether oxygens (including phenoxy) is 2. The van der Waals surface area contributed by atoms with Crippen LogP contribution in [0.5, 0.6) is 0 Å². The van der Waals surface area contributed by atoms with Gasteiger partial charge in [-0.2, -0.15) is 0 Å². The van der Waals surface area contributed by atoms with Crippen molar-refractivity contribution in [2.75, 3.05) is 6.61 Å². The summed E-state index contributed by atoms with van der Waals surface area (Å²) < 4.78 is 9.31. The van der Waals surface area contributed by atoms with Crippen LogP contribution in [0.2, 0.25) is 0 Å². The van der Waals surface area contributed by atoms with Crippen molar-refractivity contribution in [2.24, 2.45) is 0 Å². The smallest absolute Gasteiger partial charge is 0.305 e. The van der Waals surface area contributed by atoms with E-state index in [-0.39, 0.29) is 18.0 Å². The van der Waals surface area contributed by atoms with Crippen LogP contribution in [0.3, 0.4) is 0 Å². The highest BCUT2D eigenvalue weighted by atomic mass is 16.5. The summed E-state index contributed by atoms with van der Waals surface area (Å²) in [6, 6.07) is 0. The predicted molar refractivity (Wildman–Crippen MR) is 58.4 cm³/mol. The van der Waals surface area contributed by atoms with Crippen molar-refractivity contribution in [3.05, 3.63) is 0 Å². The molecule has 90 valence electrons. The first-order chi connectivity index (χ1) is 6.93. The van der Waals surface area contributed by atoms with Crippen LogP contribution in [0.15, 0.2) is 0 Å². The van der Waals surface area contributed by atoms with Crippen molar-refractivity contribution in [1.82, 2.24) is 0 Å².